The fourth-order valence-electron chi connectivity index (χ4n) is 4.45. The van der Waals surface area contributed by atoms with Crippen LogP contribution in [-0.2, 0) is 21.8 Å². The number of sulfonamides is 1. The van der Waals surface area contributed by atoms with Gasteiger partial charge in [-0.25, -0.2) is 12.7 Å². The summed E-state index contributed by atoms with van der Waals surface area (Å²) in [4.78, 5) is 15.1. The van der Waals surface area contributed by atoms with E-state index < -0.39 is 10.0 Å². The Morgan fingerprint density at radius 1 is 1.24 bits per heavy atom. The fourth-order valence-corrected chi connectivity index (χ4v) is 5.33. The molecule has 0 radical (unpaired) electrons. The van der Waals surface area contributed by atoms with Crippen LogP contribution in [0.3, 0.4) is 0 Å². The maximum absolute atomic E-state index is 12.7. The molecule has 1 atom stereocenters. The van der Waals surface area contributed by atoms with E-state index in [1.165, 1.54) is 6.26 Å². The van der Waals surface area contributed by atoms with E-state index in [-0.39, 0.29) is 11.9 Å². The molecule has 2 aliphatic rings. The highest BCUT2D eigenvalue weighted by Crippen LogP contribution is 2.24. The summed E-state index contributed by atoms with van der Waals surface area (Å²) in [5.74, 6) is -0.107. The smallest absolute Gasteiger partial charge is 0.255 e. The third-order valence-electron chi connectivity index (χ3n) is 6.12. The van der Waals surface area contributed by atoms with Gasteiger partial charge in [-0.1, -0.05) is 0 Å². The lowest BCUT2D eigenvalue weighted by atomic mass is 10.0. The normalized spacial score (nSPS) is 21.8. The molecular weight excluding hydrogens is 394 g/mol. The van der Waals surface area contributed by atoms with Crippen LogP contribution in [0.4, 0.5) is 0 Å². The van der Waals surface area contributed by atoms with E-state index in [0.29, 0.717) is 37.8 Å². The van der Waals surface area contributed by atoms with Crippen molar-refractivity contribution >= 4 is 15.9 Å². The monoisotopic (exact) mass is 427 g/mol. The standard InChI is InChI=1S/C19H33N5O4S/c1-14-18(15(2)22(3)21-14)19(25)20-8-10-24(16-6-11-28-12-7-16)17-5-9-23(13-17)29(4,26)27/h16-17H,5-13H2,1-4H3,(H,20,25). The summed E-state index contributed by atoms with van der Waals surface area (Å²) in [6.07, 6.45) is 3.96. The molecule has 0 aromatic carbocycles. The second-order valence-corrected chi connectivity index (χ2v) is 10.1. The number of nitrogens with zero attached hydrogens (tertiary/aromatic N) is 4. The van der Waals surface area contributed by atoms with Gasteiger partial charge in [0.25, 0.3) is 5.91 Å². The van der Waals surface area contributed by atoms with Crippen LogP contribution in [0.1, 0.15) is 41.0 Å². The maximum Gasteiger partial charge on any atom is 0.255 e. The van der Waals surface area contributed by atoms with Gasteiger partial charge in [-0.15, -0.1) is 0 Å². The molecule has 29 heavy (non-hydrogen) atoms. The summed E-state index contributed by atoms with van der Waals surface area (Å²) >= 11 is 0. The molecule has 0 aliphatic carbocycles. The van der Waals surface area contributed by atoms with Crippen molar-refractivity contribution < 1.29 is 17.9 Å². The first-order valence-corrected chi connectivity index (χ1v) is 12.1. The average Bonchev–Trinajstić information content (AvgIpc) is 3.24. The van der Waals surface area contributed by atoms with Crippen LogP contribution in [-0.4, -0.2) is 91.0 Å². The second kappa shape index (κ2) is 9.11. The molecule has 1 aromatic heterocycles. The van der Waals surface area contributed by atoms with Gasteiger partial charge in [-0.05, 0) is 33.1 Å². The summed E-state index contributed by atoms with van der Waals surface area (Å²) in [7, 11) is -1.34. The zero-order valence-electron chi connectivity index (χ0n) is 17.8. The molecule has 0 bridgehead atoms. The summed E-state index contributed by atoms with van der Waals surface area (Å²) in [6, 6.07) is 0.526. The van der Waals surface area contributed by atoms with Crippen LogP contribution in [0.25, 0.3) is 0 Å². The molecule has 1 unspecified atom stereocenters. The van der Waals surface area contributed by atoms with Crippen molar-refractivity contribution in [3.8, 4) is 0 Å². The molecule has 1 aromatic rings. The van der Waals surface area contributed by atoms with Crippen molar-refractivity contribution in [1.29, 1.82) is 0 Å². The maximum atomic E-state index is 12.7. The number of carbonyl (C=O) groups is 1. The highest BCUT2D eigenvalue weighted by Gasteiger charge is 2.35. The average molecular weight is 428 g/mol. The van der Waals surface area contributed by atoms with Gasteiger partial charge in [0.2, 0.25) is 10.0 Å². The lowest BCUT2D eigenvalue weighted by molar-refractivity contribution is 0.0194. The predicted octanol–water partition coefficient (Wildman–Crippen LogP) is 0.282. The number of nitrogens with one attached hydrogen (secondary N) is 1. The van der Waals surface area contributed by atoms with Gasteiger partial charge in [0.15, 0.2) is 0 Å². The quantitative estimate of drug-likeness (QED) is 0.672. The lowest BCUT2D eigenvalue weighted by Gasteiger charge is -2.38. The SMILES string of the molecule is Cc1nn(C)c(C)c1C(=O)NCCN(C1CCOCC1)C1CCN(S(C)(=O)=O)C1. The first kappa shape index (κ1) is 22.2. The lowest BCUT2D eigenvalue weighted by Crippen LogP contribution is -2.50. The number of rotatable bonds is 7. The molecule has 1 amide bonds. The van der Waals surface area contributed by atoms with Gasteiger partial charge in [0, 0.05) is 64.2 Å². The molecule has 2 saturated heterocycles. The van der Waals surface area contributed by atoms with Crippen LogP contribution in [0.5, 0.6) is 0 Å². The molecule has 2 aliphatic heterocycles. The Morgan fingerprint density at radius 2 is 1.93 bits per heavy atom. The van der Waals surface area contributed by atoms with E-state index in [0.717, 1.165) is 43.9 Å². The van der Waals surface area contributed by atoms with Crippen molar-refractivity contribution in [1.82, 2.24) is 24.3 Å². The van der Waals surface area contributed by atoms with Crippen molar-refractivity contribution in [2.24, 2.45) is 7.05 Å². The highest BCUT2D eigenvalue weighted by molar-refractivity contribution is 7.88. The molecule has 3 rings (SSSR count). The van der Waals surface area contributed by atoms with Crippen LogP contribution in [0.2, 0.25) is 0 Å². The van der Waals surface area contributed by atoms with E-state index >= 15 is 0 Å². The molecular formula is C19H33N5O4S. The number of amides is 1. The van der Waals surface area contributed by atoms with E-state index in [2.05, 4.69) is 15.3 Å². The fraction of sp³-hybridized carbons (Fsp3) is 0.789. The van der Waals surface area contributed by atoms with Crippen LogP contribution < -0.4 is 5.32 Å². The molecule has 0 saturated carbocycles. The number of aromatic nitrogens is 2. The Hall–Kier alpha value is -1.49. The van der Waals surface area contributed by atoms with E-state index in [1.54, 1.807) is 8.99 Å². The minimum atomic E-state index is -3.17. The summed E-state index contributed by atoms with van der Waals surface area (Å²) < 4.78 is 32.6. The number of hydrogen-bond acceptors (Lipinski definition) is 6. The largest absolute Gasteiger partial charge is 0.381 e. The van der Waals surface area contributed by atoms with E-state index in [4.69, 9.17) is 4.74 Å². The van der Waals surface area contributed by atoms with Crippen LogP contribution in [0.15, 0.2) is 0 Å². The molecule has 1 N–H and O–H groups in total. The van der Waals surface area contributed by atoms with Gasteiger partial charge in [0.05, 0.1) is 17.5 Å². The topological polar surface area (TPSA) is 96.8 Å². The predicted molar refractivity (Wildman–Crippen MR) is 110 cm³/mol. The number of ether oxygens (including phenoxy) is 1. The van der Waals surface area contributed by atoms with Gasteiger partial charge in [0.1, 0.15) is 0 Å². The zero-order chi connectivity index (χ0) is 21.2. The number of aryl methyl sites for hydroxylation is 2. The molecule has 164 valence electrons. The zero-order valence-corrected chi connectivity index (χ0v) is 18.7. The molecule has 2 fully saturated rings. The Bertz CT molecular complexity index is 832. The first-order valence-electron chi connectivity index (χ1n) is 10.3. The van der Waals surface area contributed by atoms with Crippen molar-refractivity contribution in [2.45, 2.75) is 45.2 Å². The summed E-state index contributed by atoms with van der Waals surface area (Å²) in [6.45, 7) is 7.47. The van der Waals surface area contributed by atoms with Gasteiger partial charge in [-0.2, -0.15) is 5.10 Å². The van der Waals surface area contributed by atoms with Crippen LogP contribution >= 0.6 is 0 Å². The Balaban J connectivity index is 1.64. The Kier molecular flexibility index (Phi) is 6.98. The van der Waals surface area contributed by atoms with Crippen molar-refractivity contribution in [2.75, 3.05) is 45.6 Å². The molecule has 10 heteroatoms. The van der Waals surface area contributed by atoms with E-state index in [1.807, 2.05) is 20.9 Å². The van der Waals surface area contributed by atoms with Gasteiger partial charge in [-0.3, -0.25) is 14.4 Å². The third kappa shape index (κ3) is 5.17. The van der Waals surface area contributed by atoms with Crippen LogP contribution in [0, 0.1) is 13.8 Å². The van der Waals surface area contributed by atoms with Gasteiger partial charge < -0.3 is 10.1 Å². The first-order chi connectivity index (χ1) is 13.7. The summed E-state index contributed by atoms with van der Waals surface area (Å²) in [5.41, 5.74) is 2.21. The Labute approximate surface area is 173 Å². The van der Waals surface area contributed by atoms with Crippen molar-refractivity contribution in [3.63, 3.8) is 0 Å². The van der Waals surface area contributed by atoms with Crippen molar-refractivity contribution in [3.05, 3.63) is 17.0 Å². The minimum absolute atomic E-state index is 0.107. The van der Waals surface area contributed by atoms with E-state index in [9.17, 15) is 13.2 Å². The molecule has 9 nitrogen and oxygen atoms in total. The second-order valence-electron chi connectivity index (χ2n) is 8.07. The van der Waals surface area contributed by atoms with Gasteiger partial charge >= 0.3 is 0 Å². The number of hydrogen-bond donors (Lipinski definition) is 1. The third-order valence-corrected chi connectivity index (χ3v) is 7.39. The number of carbonyl (C=O) groups excluding carboxylic acids is 1. The molecule has 3 heterocycles. The Morgan fingerprint density at radius 3 is 2.48 bits per heavy atom. The minimum Gasteiger partial charge on any atom is -0.381 e. The highest BCUT2D eigenvalue weighted by atomic mass is 32.2. The summed E-state index contributed by atoms with van der Waals surface area (Å²) in [5, 5.41) is 7.34. The molecule has 0 spiro atoms.